The van der Waals surface area contributed by atoms with E-state index in [1.807, 2.05) is 0 Å². The molecule has 26 heavy (non-hydrogen) atoms. The van der Waals surface area contributed by atoms with Crippen molar-refractivity contribution < 1.29 is 14.3 Å². The van der Waals surface area contributed by atoms with Gasteiger partial charge in [0.25, 0.3) is 5.91 Å². The Balaban J connectivity index is 1.40. The van der Waals surface area contributed by atoms with E-state index in [1.54, 1.807) is 13.0 Å². The molecular weight excluding hydrogens is 352 g/mol. The van der Waals surface area contributed by atoms with Gasteiger partial charge in [-0.2, -0.15) is 0 Å². The first-order valence-corrected chi connectivity index (χ1v) is 9.79. The van der Waals surface area contributed by atoms with Crippen LogP contribution < -0.4 is 11.1 Å². The van der Waals surface area contributed by atoms with Crippen molar-refractivity contribution in [2.45, 2.75) is 57.1 Å². The zero-order chi connectivity index (χ0) is 18.5. The maximum atomic E-state index is 12.7. The van der Waals surface area contributed by atoms with E-state index >= 15 is 0 Å². The van der Waals surface area contributed by atoms with Gasteiger partial charge in [-0.3, -0.25) is 4.79 Å². The number of esters is 1. The van der Waals surface area contributed by atoms with Crippen LogP contribution in [0.1, 0.15) is 55.8 Å². The number of amides is 1. The van der Waals surface area contributed by atoms with Gasteiger partial charge in [-0.25, -0.2) is 4.79 Å². The Morgan fingerprint density at radius 1 is 1.19 bits per heavy atom. The molecule has 4 fully saturated rings. The van der Waals surface area contributed by atoms with E-state index in [0.717, 1.165) is 37.0 Å². The fraction of sp³-hybridized carbons (Fsp3) is 0.600. The molecule has 1 atom stereocenters. The summed E-state index contributed by atoms with van der Waals surface area (Å²) in [5.41, 5.74) is 6.20. The van der Waals surface area contributed by atoms with Crippen molar-refractivity contribution in [2.24, 2.45) is 17.8 Å². The van der Waals surface area contributed by atoms with Gasteiger partial charge in [0.05, 0.1) is 5.56 Å². The maximum Gasteiger partial charge on any atom is 0.341 e. The number of benzene rings is 1. The fourth-order valence-electron chi connectivity index (χ4n) is 5.62. The highest BCUT2D eigenvalue weighted by atomic mass is 35.5. The predicted molar refractivity (Wildman–Crippen MR) is 99.8 cm³/mol. The van der Waals surface area contributed by atoms with Gasteiger partial charge in [-0.15, -0.1) is 0 Å². The van der Waals surface area contributed by atoms with E-state index in [4.69, 9.17) is 22.1 Å². The molecule has 4 aliphatic rings. The van der Waals surface area contributed by atoms with E-state index in [2.05, 4.69) is 5.32 Å². The van der Waals surface area contributed by atoms with Crippen molar-refractivity contribution in [3.8, 4) is 0 Å². The molecule has 1 amide bonds. The lowest BCUT2D eigenvalue weighted by atomic mass is 9.53. The van der Waals surface area contributed by atoms with Gasteiger partial charge in [-0.05, 0) is 81.4 Å². The maximum absolute atomic E-state index is 12.7. The van der Waals surface area contributed by atoms with Crippen LogP contribution in [0.5, 0.6) is 0 Å². The Morgan fingerprint density at radius 2 is 1.77 bits per heavy atom. The number of anilines is 1. The summed E-state index contributed by atoms with van der Waals surface area (Å²) in [5, 5.41) is 3.69. The fourth-order valence-corrected chi connectivity index (χ4v) is 5.80. The highest BCUT2D eigenvalue weighted by molar-refractivity contribution is 6.31. The molecule has 6 heteroatoms. The van der Waals surface area contributed by atoms with Crippen LogP contribution in [0, 0.1) is 17.8 Å². The van der Waals surface area contributed by atoms with Crippen molar-refractivity contribution in [2.75, 3.05) is 5.73 Å². The molecule has 4 saturated carbocycles. The summed E-state index contributed by atoms with van der Waals surface area (Å²) >= 11 is 5.85. The van der Waals surface area contributed by atoms with Crippen molar-refractivity contribution in [1.82, 2.24) is 5.32 Å². The molecule has 0 aliphatic heterocycles. The van der Waals surface area contributed by atoms with Crippen LogP contribution in [0.25, 0.3) is 0 Å². The van der Waals surface area contributed by atoms with Crippen molar-refractivity contribution in [1.29, 1.82) is 0 Å². The standard InChI is InChI=1S/C20H25ClN2O3/c1-11(26-19(25)16-3-2-15(21)7-17(16)22)18(24)23-20-8-12-4-13(9-20)6-14(5-12)10-20/h2-3,7,11-14H,4-6,8-10,22H2,1H3,(H,23,24)/t11-,12?,13?,14?,20?/m1/s1. The number of carbonyl (C=O) groups excluding carboxylic acids is 2. The third kappa shape index (κ3) is 3.29. The second-order valence-electron chi connectivity index (χ2n) is 8.47. The SMILES string of the molecule is C[C@@H](OC(=O)c1ccc(Cl)cc1N)C(=O)NC12CC3CC(CC(C3)C1)C2. The van der Waals surface area contributed by atoms with E-state index in [0.29, 0.717) is 5.02 Å². The molecule has 0 saturated heterocycles. The number of hydrogen-bond donors (Lipinski definition) is 2. The van der Waals surface area contributed by atoms with Crippen molar-refractivity contribution in [3.05, 3.63) is 28.8 Å². The summed E-state index contributed by atoms with van der Waals surface area (Å²) in [6.07, 6.45) is 6.28. The van der Waals surface area contributed by atoms with Crippen molar-refractivity contribution >= 4 is 29.2 Å². The average Bonchev–Trinajstić information content (AvgIpc) is 2.52. The van der Waals surface area contributed by atoms with Crippen molar-refractivity contribution in [3.63, 3.8) is 0 Å². The summed E-state index contributed by atoms with van der Waals surface area (Å²) in [4.78, 5) is 25.0. The summed E-state index contributed by atoms with van der Waals surface area (Å²) in [6.45, 7) is 1.61. The summed E-state index contributed by atoms with van der Waals surface area (Å²) in [7, 11) is 0. The molecule has 0 spiro atoms. The molecule has 4 bridgehead atoms. The molecule has 0 heterocycles. The lowest BCUT2D eigenvalue weighted by Crippen LogP contribution is -2.61. The molecule has 1 aromatic carbocycles. The zero-order valence-corrected chi connectivity index (χ0v) is 15.7. The first-order chi connectivity index (χ1) is 12.3. The molecule has 3 N–H and O–H groups in total. The number of rotatable bonds is 4. The van der Waals surface area contributed by atoms with Crippen LogP contribution in [0.2, 0.25) is 5.02 Å². The van der Waals surface area contributed by atoms with Crippen LogP contribution in [-0.2, 0) is 9.53 Å². The molecule has 0 radical (unpaired) electrons. The molecule has 0 aromatic heterocycles. The van der Waals surface area contributed by atoms with Gasteiger partial charge in [-0.1, -0.05) is 11.6 Å². The van der Waals surface area contributed by atoms with Crippen LogP contribution in [0.15, 0.2) is 18.2 Å². The number of nitrogens with two attached hydrogens (primary N) is 1. The van der Waals surface area contributed by atoms with Gasteiger partial charge in [0.2, 0.25) is 0 Å². The monoisotopic (exact) mass is 376 g/mol. The molecule has 1 aromatic rings. The van der Waals surface area contributed by atoms with Crippen LogP contribution in [0.3, 0.4) is 0 Å². The minimum Gasteiger partial charge on any atom is -0.449 e. The van der Waals surface area contributed by atoms with Gasteiger partial charge in [0.1, 0.15) is 0 Å². The molecule has 0 unspecified atom stereocenters. The van der Waals surface area contributed by atoms with Gasteiger partial charge >= 0.3 is 5.97 Å². The van der Waals surface area contributed by atoms with Crippen LogP contribution in [-0.4, -0.2) is 23.5 Å². The second-order valence-corrected chi connectivity index (χ2v) is 8.90. The molecule has 4 aliphatic carbocycles. The largest absolute Gasteiger partial charge is 0.449 e. The summed E-state index contributed by atoms with van der Waals surface area (Å²) < 4.78 is 5.36. The average molecular weight is 377 g/mol. The van der Waals surface area contributed by atoms with E-state index < -0.39 is 12.1 Å². The minimum atomic E-state index is -0.856. The smallest absolute Gasteiger partial charge is 0.341 e. The highest BCUT2D eigenvalue weighted by Crippen LogP contribution is 2.55. The van der Waals surface area contributed by atoms with E-state index in [1.165, 1.54) is 31.4 Å². The third-order valence-electron chi connectivity index (χ3n) is 6.31. The van der Waals surface area contributed by atoms with Gasteiger partial charge < -0.3 is 15.8 Å². The molecular formula is C20H25ClN2O3. The molecule has 5 rings (SSSR count). The Morgan fingerprint density at radius 3 is 2.31 bits per heavy atom. The topological polar surface area (TPSA) is 81.4 Å². The first kappa shape index (κ1) is 17.7. The van der Waals surface area contributed by atoms with E-state index in [9.17, 15) is 9.59 Å². The Hall–Kier alpha value is -1.75. The first-order valence-electron chi connectivity index (χ1n) is 9.41. The Bertz CT molecular complexity index is 713. The number of nitrogens with one attached hydrogen (secondary N) is 1. The van der Waals surface area contributed by atoms with Crippen LogP contribution in [0.4, 0.5) is 5.69 Å². The third-order valence-corrected chi connectivity index (χ3v) is 6.55. The number of hydrogen-bond acceptors (Lipinski definition) is 4. The normalized spacial score (nSPS) is 32.9. The lowest BCUT2D eigenvalue weighted by molar-refractivity contribution is -0.134. The number of carbonyl (C=O) groups is 2. The quantitative estimate of drug-likeness (QED) is 0.622. The number of halogens is 1. The molecule has 5 nitrogen and oxygen atoms in total. The number of nitrogen functional groups attached to an aromatic ring is 1. The molecule has 140 valence electrons. The van der Waals surface area contributed by atoms with Gasteiger partial charge in [0.15, 0.2) is 6.10 Å². The van der Waals surface area contributed by atoms with Gasteiger partial charge in [0, 0.05) is 16.2 Å². The number of ether oxygens (including phenoxy) is 1. The van der Waals surface area contributed by atoms with Crippen LogP contribution >= 0.6 is 11.6 Å². The Kier molecular flexibility index (Phi) is 4.38. The summed E-state index contributed by atoms with van der Waals surface area (Å²) in [5.74, 6) is 1.41. The predicted octanol–water partition coefficient (Wildman–Crippen LogP) is 3.55. The summed E-state index contributed by atoms with van der Waals surface area (Å²) in [6, 6.07) is 4.59. The zero-order valence-electron chi connectivity index (χ0n) is 15.0. The minimum absolute atomic E-state index is 0.0915. The Labute approximate surface area is 158 Å². The lowest BCUT2D eigenvalue weighted by Gasteiger charge is -2.57. The second kappa shape index (κ2) is 6.45. The van der Waals surface area contributed by atoms with E-state index in [-0.39, 0.29) is 22.7 Å². The highest BCUT2D eigenvalue weighted by Gasteiger charge is 2.51.